The molecule has 0 spiro atoms. The van der Waals surface area contributed by atoms with Gasteiger partial charge in [-0.3, -0.25) is 9.59 Å². The number of nitrogens with one attached hydrogen (secondary N) is 1. The van der Waals surface area contributed by atoms with Gasteiger partial charge in [-0.2, -0.15) is 0 Å². The summed E-state index contributed by atoms with van der Waals surface area (Å²) >= 11 is 0. The van der Waals surface area contributed by atoms with Crippen molar-refractivity contribution in [1.82, 2.24) is 0 Å². The lowest BCUT2D eigenvalue weighted by atomic mass is 10.2. The first-order chi connectivity index (χ1) is 10.9. The average Bonchev–Trinajstić information content (AvgIpc) is 2.37. The first-order valence-corrected chi connectivity index (χ1v) is 10.3. The second kappa shape index (κ2) is 7.73. The number of benzene rings is 1. The zero-order chi connectivity index (χ0) is 18.5. The van der Waals surface area contributed by atoms with Crippen LogP contribution in [0.2, 0.25) is 0 Å². The van der Waals surface area contributed by atoms with Gasteiger partial charge in [0.25, 0.3) is 0 Å². The van der Waals surface area contributed by atoms with Gasteiger partial charge in [-0.15, -0.1) is 0 Å². The number of hydrogen-bond donors (Lipinski definition) is 2. The minimum absolute atomic E-state index is 0.106. The van der Waals surface area contributed by atoms with E-state index in [1.54, 1.807) is 6.92 Å². The minimum atomic E-state index is -4.22. The summed E-state index contributed by atoms with van der Waals surface area (Å²) < 4.78 is 50.5. The smallest absolute Gasteiger partial charge is 0.315 e. The maximum absolute atomic E-state index is 11.7. The summed E-state index contributed by atoms with van der Waals surface area (Å²) in [5, 5.41) is 7.34. The highest BCUT2D eigenvalue weighted by Crippen LogP contribution is 2.23. The molecule has 0 saturated heterocycles. The Morgan fingerprint density at radius 1 is 1.21 bits per heavy atom. The molecule has 0 radical (unpaired) electrons. The van der Waals surface area contributed by atoms with Crippen LogP contribution < -0.4 is 10.5 Å². The monoisotopic (exact) mass is 378 g/mol. The van der Waals surface area contributed by atoms with Gasteiger partial charge in [0.1, 0.15) is 11.3 Å². The SMILES string of the molecule is CCOC(=O)CC(=O)Nc1ccc(CS(C)(=O)=O)cc1S(N)(=O)=O. The second-order valence-electron chi connectivity index (χ2n) is 4.98. The molecular formula is C13H18N2O7S2. The Kier molecular flexibility index (Phi) is 6.46. The van der Waals surface area contributed by atoms with Crippen LogP contribution in [0.25, 0.3) is 0 Å². The summed E-state index contributed by atoms with van der Waals surface area (Å²) in [7, 11) is -7.60. The third-order valence-corrected chi connectivity index (χ3v) is 4.47. The number of sulfone groups is 1. The molecule has 0 unspecified atom stereocenters. The first-order valence-electron chi connectivity index (χ1n) is 6.71. The van der Waals surface area contributed by atoms with Crippen LogP contribution >= 0.6 is 0 Å². The van der Waals surface area contributed by atoms with Crippen LogP contribution in [0.15, 0.2) is 23.1 Å². The van der Waals surface area contributed by atoms with Crippen LogP contribution in [0.3, 0.4) is 0 Å². The van der Waals surface area contributed by atoms with Crippen molar-refractivity contribution in [2.45, 2.75) is 24.0 Å². The maximum Gasteiger partial charge on any atom is 0.315 e. The van der Waals surface area contributed by atoms with Crippen molar-refractivity contribution in [1.29, 1.82) is 0 Å². The highest BCUT2D eigenvalue weighted by molar-refractivity contribution is 7.90. The molecule has 0 fully saturated rings. The highest BCUT2D eigenvalue weighted by Gasteiger charge is 2.19. The predicted molar refractivity (Wildman–Crippen MR) is 86.2 cm³/mol. The summed E-state index contributed by atoms with van der Waals surface area (Å²) in [6.45, 7) is 1.68. The van der Waals surface area contributed by atoms with E-state index in [2.05, 4.69) is 10.1 Å². The standard InChI is InChI=1S/C13H18N2O7S2/c1-3-22-13(17)7-12(16)15-10-5-4-9(8-23(2,18)19)6-11(10)24(14,20)21/h4-6H,3,7-8H2,1-2H3,(H,15,16)(H2,14,20,21). The van der Waals surface area contributed by atoms with E-state index < -0.39 is 43.1 Å². The summed E-state index contributed by atoms with van der Waals surface area (Å²) in [6, 6.07) is 3.62. The molecule has 0 heterocycles. The van der Waals surface area contributed by atoms with E-state index in [1.807, 2.05) is 0 Å². The van der Waals surface area contributed by atoms with Gasteiger partial charge in [-0.25, -0.2) is 22.0 Å². The van der Waals surface area contributed by atoms with E-state index in [0.717, 1.165) is 12.3 Å². The number of esters is 1. The van der Waals surface area contributed by atoms with Crippen LogP contribution in [0.1, 0.15) is 18.9 Å². The van der Waals surface area contributed by atoms with E-state index in [4.69, 9.17) is 5.14 Å². The maximum atomic E-state index is 11.7. The van der Waals surface area contributed by atoms with Crippen molar-refractivity contribution in [2.24, 2.45) is 5.14 Å². The van der Waals surface area contributed by atoms with Crippen LogP contribution in [0, 0.1) is 0 Å². The number of carbonyl (C=O) groups is 2. The van der Waals surface area contributed by atoms with Crippen molar-refractivity contribution >= 4 is 37.4 Å². The molecule has 24 heavy (non-hydrogen) atoms. The average molecular weight is 378 g/mol. The number of ether oxygens (including phenoxy) is 1. The van der Waals surface area contributed by atoms with E-state index in [9.17, 15) is 26.4 Å². The molecule has 1 rings (SSSR count). The Morgan fingerprint density at radius 3 is 2.33 bits per heavy atom. The molecule has 1 amide bonds. The molecule has 11 heteroatoms. The molecule has 0 aliphatic rings. The Labute approximate surface area is 140 Å². The second-order valence-corrected chi connectivity index (χ2v) is 8.65. The number of amides is 1. The zero-order valence-corrected chi connectivity index (χ0v) is 14.7. The fraction of sp³-hybridized carbons (Fsp3) is 0.385. The lowest BCUT2D eigenvalue weighted by molar-refractivity contribution is -0.145. The van der Waals surface area contributed by atoms with Gasteiger partial charge in [0.15, 0.2) is 9.84 Å². The quantitative estimate of drug-likeness (QED) is 0.491. The third-order valence-electron chi connectivity index (χ3n) is 2.67. The highest BCUT2D eigenvalue weighted by atomic mass is 32.2. The summed E-state index contributed by atoms with van der Waals surface area (Å²) in [5.41, 5.74) is 0.0500. The van der Waals surface area contributed by atoms with Gasteiger partial charge in [0.2, 0.25) is 15.9 Å². The molecule has 0 bridgehead atoms. The van der Waals surface area contributed by atoms with E-state index in [-0.39, 0.29) is 23.6 Å². The van der Waals surface area contributed by atoms with Crippen LogP contribution in [-0.2, 0) is 39.9 Å². The molecule has 9 nitrogen and oxygen atoms in total. The number of anilines is 1. The fourth-order valence-corrected chi connectivity index (χ4v) is 3.36. The molecule has 1 aromatic rings. The molecule has 134 valence electrons. The van der Waals surface area contributed by atoms with Crippen molar-refractivity contribution in [3.05, 3.63) is 23.8 Å². The Morgan fingerprint density at radius 2 is 1.83 bits per heavy atom. The molecule has 0 aliphatic heterocycles. The van der Waals surface area contributed by atoms with Crippen LogP contribution in [-0.4, -0.2) is 41.6 Å². The number of sulfonamides is 1. The Bertz CT molecular complexity index is 845. The lowest BCUT2D eigenvalue weighted by Gasteiger charge is -2.11. The topological polar surface area (TPSA) is 150 Å². The largest absolute Gasteiger partial charge is 0.466 e. The number of nitrogens with two attached hydrogens (primary N) is 1. The first kappa shape index (κ1) is 20.1. The fourth-order valence-electron chi connectivity index (χ4n) is 1.84. The number of hydrogen-bond acceptors (Lipinski definition) is 7. The summed E-state index contributed by atoms with van der Waals surface area (Å²) in [5.74, 6) is -1.93. The lowest BCUT2D eigenvalue weighted by Crippen LogP contribution is -2.21. The van der Waals surface area contributed by atoms with Crippen molar-refractivity contribution in [2.75, 3.05) is 18.2 Å². The molecule has 0 atom stereocenters. The van der Waals surface area contributed by atoms with Gasteiger partial charge in [0, 0.05) is 6.26 Å². The molecule has 0 aromatic heterocycles. The van der Waals surface area contributed by atoms with Crippen molar-refractivity contribution in [3.8, 4) is 0 Å². The van der Waals surface area contributed by atoms with Gasteiger partial charge >= 0.3 is 5.97 Å². The van der Waals surface area contributed by atoms with Crippen LogP contribution in [0.5, 0.6) is 0 Å². The molecule has 0 saturated carbocycles. The van der Waals surface area contributed by atoms with Gasteiger partial charge in [-0.05, 0) is 24.6 Å². The third kappa shape index (κ3) is 6.64. The number of rotatable bonds is 7. The molecule has 0 aliphatic carbocycles. The van der Waals surface area contributed by atoms with Crippen molar-refractivity contribution in [3.63, 3.8) is 0 Å². The summed E-state index contributed by atoms with van der Waals surface area (Å²) in [6.07, 6.45) is 0.404. The number of carbonyl (C=O) groups excluding carboxylic acids is 2. The normalized spacial score (nSPS) is 11.8. The molecule has 1 aromatic carbocycles. The van der Waals surface area contributed by atoms with Gasteiger partial charge in [-0.1, -0.05) is 6.07 Å². The Hall–Kier alpha value is -1.98. The predicted octanol–water partition coefficient (Wildman–Crippen LogP) is -0.230. The van der Waals surface area contributed by atoms with Gasteiger partial charge in [0.05, 0.1) is 18.0 Å². The van der Waals surface area contributed by atoms with Crippen molar-refractivity contribution < 1.29 is 31.2 Å². The zero-order valence-electron chi connectivity index (χ0n) is 13.1. The minimum Gasteiger partial charge on any atom is -0.466 e. The van der Waals surface area contributed by atoms with Gasteiger partial charge < -0.3 is 10.1 Å². The summed E-state index contributed by atoms with van der Waals surface area (Å²) in [4.78, 5) is 22.5. The Balaban J connectivity index is 3.10. The molecular weight excluding hydrogens is 360 g/mol. The number of primary sulfonamides is 1. The van der Waals surface area contributed by atoms with Crippen LogP contribution in [0.4, 0.5) is 5.69 Å². The van der Waals surface area contributed by atoms with E-state index >= 15 is 0 Å². The van der Waals surface area contributed by atoms with E-state index in [1.165, 1.54) is 12.1 Å². The molecule has 3 N–H and O–H groups in total. The van der Waals surface area contributed by atoms with E-state index in [0.29, 0.717) is 0 Å².